The molecule has 1 unspecified atom stereocenters. The smallest absolute Gasteiger partial charge is 0.123 e. The van der Waals surface area contributed by atoms with E-state index in [1.54, 1.807) is 12.1 Å². The summed E-state index contributed by atoms with van der Waals surface area (Å²) in [4.78, 5) is 0. The third-order valence-electron chi connectivity index (χ3n) is 2.48. The number of aliphatic hydroxyl groups excluding tert-OH is 1. The first-order valence-corrected chi connectivity index (χ1v) is 6.07. The van der Waals surface area contributed by atoms with E-state index in [2.05, 4.69) is 11.9 Å². The monoisotopic (exact) mass is 253 g/mol. The molecule has 0 saturated carbocycles. The summed E-state index contributed by atoms with van der Waals surface area (Å²) in [5.74, 6) is -0.297. The van der Waals surface area contributed by atoms with Crippen molar-refractivity contribution in [3.05, 3.63) is 48.3 Å². The van der Waals surface area contributed by atoms with Gasteiger partial charge in [-0.05, 0) is 24.1 Å². The number of rotatable bonds is 9. The Bertz CT molecular complexity index is 340. The summed E-state index contributed by atoms with van der Waals surface area (Å²) in [5.41, 5.74) is 0.705. The maximum absolute atomic E-state index is 12.7. The molecule has 0 aliphatic carbocycles. The standard InChI is InChI=1S/C14H20FNO2/c1-2-3-9-18-10-8-16-11-14(17)12-4-6-13(15)7-5-12/h2,4-7,14,16-17H,1,3,8-11H2. The number of aliphatic hydroxyl groups is 1. The van der Waals surface area contributed by atoms with E-state index in [9.17, 15) is 9.50 Å². The molecule has 1 atom stereocenters. The van der Waals surface area contributed by atoms with Gasteiger partial charge in [-0.1, -0.05) is 18.2 Å². The van der Waals surface area contributed by atoms with Gasteiger partial charge in [0, 0.05) is 13.1 Å². The Kier molecular flexibility index (Phi) is 7.25. The van der Waals surface area contributed by atoms with Gasteiger partial charge in [-0.25, -0.2) is 4.39 Å². The number of hydrogen-bond donors (Lipinski definition) is 2. The Morgan fingerprint density at radius 3 is 2.72 bits per heavy atom. The fourth-order valence-electron chi connectivity index (χ4n) is 1.45. The van der Waals surface area contributed by atoms with Crippen LogP contribution < -0.4 is 5.32 Å². The van der Waals surface area contributed by atoms with E-state index in [0.717, 1.165) is 6.42 Å². The lowest BCUT2D eigenvalue weighted by molar-refractivity contribution is 0.131. The van der Waals surface area contributed by atoms with Gasteiger partial charge >= 0.3 is 0 Å². The molecule has 2 N–H and O–H groups in total. The fourth-order valence-corrected chi connectivity index (χ4v) is 1.45. The molecule has 0 bridgehead atoms. The van der Waals surface area contributed by atoms with Crippen molar-refractivity contribution in [1.29, 1.82) is 0 Å². The second-order valence-electron chi connectivity index (χ2n) is 3.96. The third-order valence-corrected chi connectivity index (χ3v) is 2.48. The van der Waals surface area contributed by atoms with E-state index in [4.69, 9.17) is 4.74 Å². The highest BCUT2D eigenvalue weighted by Gasteiger charge is 2.06. The first-order valence-electron chi connectivity index (χ1n) is 6.07. The number of nitrogens with one attached hydrogen (secondary N) is 1. The summed E-state index contributed by atoms with van der Waals surface area (Å²) in [7, 11) is 0. The molecule has 100 valence electrons. The molecular formula is C14H20FNO2. The lowest BCUT2D eigenvalue weighted by Crippen LogP contribution is -2.25. The van der Waals surface area contributed by atoms with Crippen LogP contribution in [-0.4, -0.2) is 31.4 Å². The SMILES string of the molecule is C=CCCOCCNCC(O)c1ccc(F)cc1. The van der Waals surface area contributed by atoms with Crippen LogP contribution in [0.2, 0.25) is 0 Å². The van der Waals surface area contributed by atoms with Crippen molar-refractivity contribution in [3.63, 3.8) is 0 Å². The van der Waals surface area contributed by atoms with Crippen molar-refractivity contribution in [3.8, 4) is 0 Å². The molecule has 0 fully saturated rings. The highest BCUT2D eigenvalue weighted by Crippen LogP contribution is 2.12. The van der Waals surface area contributed by atoms with Crippen molar-refractivity contribution in [2.45, 2.75) is 12.5 Å². The average Bonchev–Trinajstić information content (AvgIpc) is 2.38. The zero-order valence-corrected chi connectivity index (χ0v) is 10.4. The minimum Gasteiger partial charge on any atom is -0.387 e. The van der Waals surface area contributed by atoms with Crippen LogP contribution in [0.4, 0.5) is 4.39 Å². The molecule has 0 aliphatic rings. The van der Waals surface area contributed by atoms with Crippen LogP contribution in [-0.2, 0) is 4.74 Å². The molecular weight excluding hydrogens is 233 g/mol. The highest BCUT2D eigenvalue weighted by molar-refractivity contribution is 5.18. The maximum atomic E-state index is 12.7. The quantitative estimate of drug-likeness (QED) is 0.523. The molecule has 0 spiro atoms. The molecule has 3 nitrogen and oxygen atoms in total. The second-order valence-corrected chi connectivity index (χ2v) is 3.96. The Morgan fingerprint density at radius 1 is 1.33 bits per heavy atom. The number of halogens is 1. The summed E-state index contributed by atoms with van der Waals surface area (Å²) in [6.07, 6.45) is 2.03. The van der Waals surface area contributed by atoms with Crippen molar-refractivity contribution >= 4 is 0 Å². The molecule has 0 aromatic heterocycles. The Morgan fingerprint density at radius 2 is 2.06 bits per heavy atom. The van der Waals surface area contributed by atoms with Crippen LogP contribution in [0, 0.1) is 5.82 Å². The van der Waals surface area contributed by atoms with Crippen LogP contribution in [0.3, 0.4) is 0 Å². The first-order chi connectivity index (χ1) is 8.74. The topological polar surface area (TPSA) is 41.5 Å². The molecule has 1 aromatic carbocycles. The zero-order chi connectivity index (χ0) is 13.2. The number of hydrogen-bond acceptors (Lipinski definition) is 3. The fraction of sp³-hybridized carbons (Fsp3) is 0.429. The zero-order valence-electron chi connectivity index (χ0n) is 10.4. The normalized spacial score (nSPS) is 12.3. The summed E-state index contributed by atoms with van der Waals surface area (Å²) in [6.45, 7) is 5.98. The maximum Gasteiger partial charge on any atom is 0.123 e. The van der Waals surface area contributed by atoms with E-state index in [1.165, 1.54) is 12.1 Å². The van der Waals surface area contributed by atoms with Crippen LogP contribution in [0.1, 0.15) is 18.1 Å². The van der Waals surface area contributed by atoms with Gasteiger partial charge in [-0.3, -0.25) is 0 Å². The van der Waals surface area contributed by atoms with Gasteiger partial charge in [0.1, 0.15) is 5.82 Å². The van der Waals surface area contributed by atoms with Crippen molar-refractivity contribution in [2.24, 2.45) is 0 Å². The Hall–Kier alpha value is -1.23. The molecule has 1 aromatic rings. The highest BCUT2D eigenvalue weighted by atomic mass is 19.1. The van der Waals surface area contributed by atoms with Gasteiger partial charge in [0.25, 0.3) is 0 Å². The van der Waals surface area contributed by atoms with E-state index < -0.39 is 6.10 Å². The predicted octanol–water partition coefficient (Wildman–Crippen LogP) is 2.04. The lowest BCUT2D eigenvalue weighted by atomic mass is 10.1. The van der Waals surface area contributed by atoms with Gasteiger partial charge in [0.2, 0.25) is 0 Å². The molecule has 0 aliphatic heterocycles. The van der Waals surface area contributed by atoms with Gasteiger partial charge in [0.15, 0.2) is 0 Å². The minimum absolute atomic E-state index is 0.297. The van der Waals surface area contributed by atoms with Crippen LogP contribution in [0.25, 0.3) is 0 Å². The molecule has 0 heterocycles. The second kappa shape index (κ2) is 8.80. The number of benzene rings is 1. The number of ether oxygens (including phenoxy) is 1. The Labute approximate surface area is 107 Å². The van der Waals surface area contributed by atoms with E-state index in [1.807, 2.05) is 6.08 Å². The van der Waals surface area contributed by atoms with Crippen LogP contribution >= 0.6 is 0 Å². The van der Waals surface area contributed by atoms with E-state index >= 15 is 0 Å². The minimum atomic E-state index is -0.626. The molecule has 0 radical (unpaired) electrons. The van der Waals surface area contributed by atoms with Crippen LogP contribution in [0.15, 0.2) is 36.9 Å². The molecule has 4 heteroatoms. The predicted molar refractivity (Wildman–Crippen MR) is 69.9 cm³/mol. The molecule has 0 saturated heterocycles. The van der Waals surface area contributed by atoms with E-state index in [-0.39, 0.29) is 5.82 Å². The average molecular weight is 253 g/mol. The Balaban J connectivity index is 2.11. The van der Waals surface area contributed by atoms with Gasteiger partial charge in [-0.15, -0.1) is 6.58 Å². The molecule has 0 amide bonds. The van der Waals surface area contributed by atoms with E-state index in [0.29, 0.717) is 31.9 Å². The first kappa shape index (κ1) is 14.8. The summed E-state index contributed by atoms with van der Waals surface area (Å²) >= 11 is 0. The van der Waals surface area contributed by atoms with Crippen molar-refractivity contribution in [1.82, 2.24) is 5.32 Å². The largest absolute Gasteiger partial charge is 0.387 e. The summed E-state index contributed by atoms with van der Waals surface area (Å²) < 4.78 is 18.0. The molecule has 18 heavy (non-hydrogen) atoms. The lowest BCUT2D eigenvalue weighted by Gasteiger charge is -2.12. The molecule has 1 rings (SSSR count). The summed E-state index contributed by atoms with van der Waals surface area (Å²) in [6, 6.07) is 5.86. The van der Waals surface area contributed by atoms with Crippen molar-refractivity contribution in [2.75, 3.05) is 26.3 Å². The van der Waals surface area contributed by atoms with Crippen molar-refractivity contribution < 1.29 is 14.2 Å². The van der Waals surface area contributed by atoms with Gasteiger partial charge < -0.3 is 15.2 Å². The third kappa shape index (κ3) is 5.91. The van der Waals surface area contributed by atoms with Crippen LogP contribution in [0.5, 0.6) is 0 Å². The summed E-state index contributed by atoms with van der Waals surface area (Å²) in [5, 5.41) is 12.9. The van der Waals surface area contributed by atoms with Gasteiger partial charge in [0.05, 0.1) is 19.3 Å². The van der Waals surface area contributed by atoms with Gasteiger partial charge in [-0.2, -0.15) is 0 Å².